The van der Waals surface area contributed by atoms with Crippen LogP contribution in [0.15, 0.2) is 108 Å². The zero-order chi connectivity index (χ0) is 27.8. The van der Waals surface area contributed by atoms with Crippen molar-refractivity contribution in [1.29, 1.82) is 0 Å². The van der Waals surface area contributed by atoms with Gasteiger partial charge >= 0.3 is 0 Å². The van der Waals surface area contributed by atoms with Gasteiger partial charge in [-0.2, -0.15) is 18.6 Å². The average molecular weight is 593 g/mol. The van der Waals surface area contributed by atoms with Crippen molar-refractivity contribution in [2.24, 2.45) is 20.5 Å². The van der Waals surface area contributed by atoms with E-state index in [1.165, 1.54) is 12.1 Å². The maximum Gasteiger partial charge on any atom is 0.296 e. The van der Waals surface area contributed by atoms with Crippen LogP contribution in [0.4, 0.5) is 22.7 Å². The first kappa shape index (κ1) is 28.5. The van der Waals surface area contributed by atoms with E-state index in [0.717, 1.165) is 18.1 Å². The van der Waals surface area contributed by atoms with Gasteiger partial charge in [0.15, 0.2) is 5.75 Å². The molecule has 4 rings (SSSR count). The topological polar surface area (TPSA) is 201 Å². The van der Waals surface area contributed by atoms with Crippen molar-refractivity contribution in [2.45, 2.75) is 14.7 Å². The van der Waals surface area contributed by atoms with Gasteiger partial charge in [0.1, 0.15) is 16.3 Å². The van der Waals surface area contributed by atoms with Crippen LogP contribution in [0.25, 0.3) is 10.8 Å². The van der Waals surface area contributed by atoms with Gasteiger partial charge in [-0.15, -0.1) is 18.9 Å². The molecule has 0 heterocycles. The third-order valence-corrected chi connectivity index (χ3v) is 6.97. The molecule has 39 heavy (non-hydrogen) atoms. The Hall–Kier alpha value is -3.49. The molecule has 0 bridgehead atoms. The molecule has 4 aromatic rings. The molecular weight excluding hydrogens is 576 g/mol. The van der Waals surface area contributed by atoms with Gasteiger partial charge in [-0.25, -0.2) is 10.5 Å². The van der Waals surface area contributed by atoms with Gasteiger partial charge in [-0.05, 0) is 53.9 Å². The van der Waals surface area contributed by atoms with Crippen LogP contribution >= 0.6 is 24.1 Å². The number of benzene rings is 4. The van der Waals surface area contributed by atoms with Gasteiger partial charge < -0.3 is 5.11 Å². The molecule has 0 fully saturated rings. The van der Waals surface area contributed by atoms with E-state index in [1.54, 1.807) is 54.6 Å². The molecule has 202 valence electrons. The zero-order valence-corrected chi connectivity index (χ0v) is 21.6. The third-order valence-electron chi connectivity index (χ3n) is 4.87. The number of hydrogen-bond donors (Lipinski definition) is 4. The lowest BCUT2D eigenvalue weighted by Gasteiger charge is -2.09. The Bertz CT molecular complexity index is 1630. The summed E-state index contributed by atoms with van der Waals surface area (Å²) in [6.07, 6.45) is 0. The molecule has 4 N–H and O–H groups in total. The Morgan fingerprint density at radius 2 is 1.41 bits per heavy atom. The molecule has 17 heteroatoms. The molecule has 0 aromatic heterocycles. The van der Waals surface area contributed by atoms with Gasteiger partial charge in [0, 0.05) is 10.3 Å². The lowest BCUT2D eigenvalue weighted by molar-refractivity contribution is -0.432. The molecule has 14 nitrogen and oxygen atoms in total. The van der Waals surface area contributed by atoms with Gasteiger partial charge in [-0.3, -0.25) is 4.55 Å². The third kappa shape index (κ3) is 7.34. The van der Waals surface area contributed by atoms with E-state index in [-0.39, 0.29) is 27.7 Å². The molecule has 0 aliphatic heterocycles. The molecule has 0 saturated heterocycles. The number of rotatable bonds is 11. The number of nitrogens with zero attached hydrogens (tertiary/aromatic N) is 4. The lowest BCUT2D eigenvalue weighted by Crippen LogP contribution is -1.98. The predicted octanol–water partition coefficient (Wildman–Crippen LogP) is 7.48. The van der Waals surface area contributed by atoms with E-state index in [2.05, 4.69) is 39.2 Å². The first-order chi connectivity index (χ1) is 18.8. The molecule has 0 spiro atoms. The minimum absolute atomic E-state index is 0.0790. The molecule has 0 aliphatic rings. The summed E-state index contributed by atoms with van der Waals surface area (Å²) >= 11 is 1.29. The van der Waals surface area contributed by atoms with Crippen molar-refractivity contribution in [1.82, 2.24) is 0 Å². The first-order valence-electron chi connectivity index (χ1n) is 10.4. The molecule has 0 unspecified atom stereocenters. The van der Waals surface area contributed by atoms with Gasteiger partial charge in [0.2, 0.25) is 0 Å². The van der Waals surface area contributed by atoms with Crippen LogP contribution in [0.2, 0.25) is 0 Å². The maximum atomic E-state index is 12.1. The van der Waals surface area contributed by atoms with Crippen LogP contribution in [0, 0.1) is 0 Å². The minimum Gasteiger partial charge on any atom is -0.505 e. The lowest BCUT2D eigenvalue weighted by atomic mass is 10.1. The zero-order valence-electron chi connectivity index (χ0n) is 19.2. The smallest absolute Gasteiger partial charge is 0.296 e. The second-order valence-electron chi connectivity index (χ2n) is 7.27. The number of phenolic OH excluding ortho intramolecular Hbond substituents is 1. The van der Waals surface area contributed by atoms with E-state index >= 15 is 0 Å². The van der Waals surface area contributed by atoms with Crippen molar-refractivity contribution in [3.8, 4) is 5.75 Å². The molecule has 0 radical (unpaired) electrons. The summed E-state index contributed by atoms with van der Waals surface area (Å²) in [5.74, 6) is -0.292. The quantitative estimate of drug-likeness (QED) is 0.0440. The number of fused-ring (bicyclic) bond motifs is 1. The van der Waals surface area contributed by atoms with Crippen LogP contribution in [0.5, 0.6) is 5.75 Å². The molecule has 4 aromatic carbocycles. The standard InChI is InChI=1S/C22H16N4O10S3/c27-22-17-4-2-1-3-13(17)11-19(38-36-34-29)21(22)26-25-18-10-7-15(12-20(18)39(30,31)32)24-23-14-5-8-16(9-6-14)37-35-33-28/h1-12,27-29H,(H,30,31,32)/b24-23+,26-25+. The van der Waals surface area contributed by atoms with Crippen LogP contribution in [-0.2, 0) is 28.9 Å². The minimum atomic E-state index is -4.78. The number of phenols is 1. The highest BCUT2D eigenvalue weighted by molar-refractivity contribution is 7.94. The first-order valence-corrected chi connectivity index (χ1v) is 13.3. The van der Waals surface area contributed by atoms with E-state index < -0.39 is 15.0 Å². The van der Waals surface area contributed by atoms with E-state index in [1.807, 2.05) is 0 Å². The van der Waals surface area contributed by atoms with Crippen molar-refractivity contribution in [2.75, 3.05) is 0 Å². The largest absolute Gasteiger partial charge is 0.505 e. The van der Waals surface area contributed by atoms with E-state index in [4.69, 9.17) is 10.5 Å². The average Bonchev–Trinajstić information content (AvgIpc) is 2.93. The van der Waals surface area contributed by atoms with Gasteiger partial charge in [0.25, 0.3) is 10.1 Å². The summed E-state index contributed by atoms with van der Waals surface area (Å²) in [6.45, 7) is 0. The fourth-order valence-electron chi connectivity index (χ4n) is 3.20. The molecule has 0 amide bonds. The molecule has 0 saturated carbocycles. The van der Waals surface area contributed by atoms with Crippen molar-refractivity contribution < 1.29 is 47.3 Å². The van der Waals surface area contributed by atoms with Crippen molar-refractivity contribution in [3.63, 3.8) is 0 Å². The Morgan fingerprint density at radius 3 is 2.13 bits per heavy atom. The molecular formula is C22H16N4O10S3. The Labute approximate surface area is 228 Å². The van der Waals surface area contributed by atoms with E-state index in [0.29, 0.717) is 33.4 Å². The molecule has 0 atom stereocenters. The SMILES string of the molecule is O=S(=O)(O)c1cc(/N=N/c2ccc(SOOO)cc2)ccc1/N=N/c1c(SOOO)cc2ccccc2c1O. The van der Waals surface area contributed by atoms with Crippen LogP contribution in [0.3, 0.4) is 0 Å². The Kier molecular flexibility index (Phi) is 9.54. The highest BCUT2D eigenvalue weighted by Gasteiger charge is 2.19. The van der Waals surface area contributed by atoms with Crippen LogP contribution in [-0.4, -0.2) is 28.6 Å². The summed E-state index contributed by atoms with van der Waals surface area (Å²) in [6, 6.07) is 18.4. The van der Waals surface area contributed by atoms with Gasteiger partial charge in [0.05, 0.1) is 40.4 Å². The van der Waals surface area contributed by atoms with E-state index in [9.17, 15) is 18.1 Å². The number of azo groups is 2. The summed E-state index contributed by atoms with van der Waals surface area (Å²) in [5, 5.41) is 51.6. The summed E-state index contributed by atoms with van der Waals surface area (Å²) < 4.78 is 42.8. The fraction of sp³-hybridized carbons (Fsp3) is 0. The number of hydrogen-bond acceptors (Lipinski definition) is 15. The summed E-state index contributed by atoms with van der Waals surface area (Å²) in [7, 11) is -4.78. The second kappa shape index (κ2) is 13.0. The second-order valence-corrected chi connectivity index (χ2v) is 10.2. The summed E-state index contributed by atoms with van der Waals surface area (Å²) in [4.78, 5) is 0.170. The molecule has 0 aliphatic carbocycles. The van der Waals surface area contributed by atoms with Crippen LogP contribution in [0.1, 0.15) is 0 Å². The Balaban J connectivity index is 1.66. The van der Waals surface area contributed by atoms with Gasteiger partial charge in [-0.1, -0.05) is 34.3 Å². The highest BCUT2D eigenvalue weighted by atomic mass is 32.2. The fourth-order valence-corrected chi connectivity index (χ4v) is 4.70. The van der Waals surface area contributed by atoms with Crippen molar-refractivity contribution in [3.05, 3.63) is 72.8 Å². The maximum absolute atomic E-state index is 12.1. The predicted molar refractivity (Wildman–Crippen MR) is 138 cm³/mol. The Morgan fingerprint density at radius 1 is 0.744 bits per heavy atom. The monoisotopic (exact) mass is 592 g/mol. The van der Waals surface area contributed by atoms with Crippen LogP contribution < -0.4 is 0 Å². The summed E-state index contributed by atoms with van der Waals surface area (Å²) in [5.41, 5.74) is 0.118. The normalized spacial score (nSPS) is 12.2. The van der Waals surface area contributed by atoms with Crippen molar-refractivity contribution >= 4 is 67.7 Å². The number of aromatic hydroxyl groups is 1. The highest BCUT2D eigenvalue weighted by Crippen LogP contribution is 2.44.